The van der Waals surface area contributed by atoms with Gasteiger partial charge in [-0.05, 0) is 67.2 Å². The van der Waals surface area contributed by atoms with Crippen LogP contribution in [0.4, 0.5) is 0 Å². The van der Waals surface area contributed by atoms with E-state index in [1.807, 2.05) is 42.5 Å². The van der Waals surface area contributed by atoms with Crippen LogP contribution in [-0.2, 0) is 4.79 Å². The standard InChI is InChI=1S/C22H26N2O3.CH2O2/c1-26-20-8-7-18(13-21(20)27-2)15-3-5-17(6-4-15)22(25)23-19-14-24-11-9-16(19)10-12-24;2-1-3/h3-8,13,16,19H,9-12,14H2,1-2H3,(H,23,25);1H,(H,2,3). The lowest BCUT2D eigenvalue weighted by Crippen LogP contribution is -2.57. The van der Waals surface area contributed by atoms with E-state index in [0.717, 1.165) is 17.7 Å². The van der Waals surface area contributed by atoms with Gasteiger partial charge in [0.05, 0.1) is 14.2 Å². The number of nitrogens with one attached hydrogen (secondary N) is 1. The summed E-state index contributed by atoms with van der Waals surface area (Å²) < 4.78 is 10.7. The summed E-state index contributed by atoms with van der Waals surface area (Å²) in [6, 6.07) is 13.9. The molecule has 1 atom stereocenters. The van der Waals surface area contributed by atoms with Gasteiger partial charge in [0.15, 0.2) is 11.5 Å². The molecule has 2 aromatic rings. The van der Waals surface area contributed by atoms with Gasteiger partial charge in [0.2, 0.25) is 0 Å². The number of hydrogen-bond donors (Lipinski definition) is 2. The molecule has 0 radical (unpaired) electrons. The van der Waals surface area contributed by atoms with Gasteiger partial charge in [-0.1, -0.05) is 18.2 Å². The van der Waals surface area contributed by atoms with E-state index >= 15 is 0 Å². The summed E-state index contributed by atoms with van der Waals surface area (Å²) in [7, 11) is 3.25. The van der Waals surface area contributed by atoms with Crippen LogP contribution in [0.3, 0.4) is 0 Å². The van der Waals surface area contributed by atoms with Crippen molar-refractivity contribution in [1.82, 2.24) is 10.2 Å². The lowest BCUT2D eigenvalue weighted by Gasteiger charge is -2.44. The molecule has 7 heteroatoms. The number of piperidine rings is 3. The molecular weight excluding hydrogens is 384 g/mol. The molecule has 2 bridgehead atoms. The van der Waals surface area contributed by atoms with Crippen molar-refractivity contribution in [2.75, 3.05) is 33.9 Å². The molecule has 3 fully saturated rings. The van der Waals surface area contributed by atoms with Crippen molar-refractivity contribution < 1.29 is 24.2 Å². The Morgan fingerprint density at radius 3 is 2.17 bits per heavy atom. The highest BCUT2D eigenvalue weighted by molar-refractivity contribution is 5.95. The number of carbonyl (C=O) groups is 2. The first-order valence-corrected chi connectivity index (χ1v) is 10.0. The first-order chi connectivity index (χ1) is 14.6. The number of fused-ring (bicyclic) bond motifs is 3. The van der Waals surface area contributed by atoms with E-state index in [2.05, 4.69) is 10.2 Å². The first-order valence-electron chi connectivity index (χ1n) is 10.0. The van der Waals surface area contributed by atoms with Crippen LogP contribution in [0.1, 0.15) is 23.2 Å². The van der Waals surface area contributed by atoms with E-state index in [-0.39, 0.29) is 18.4 Å². The molecule has 0 aromatic heterocycles. The van der Waals surface area contributed by atoms with E-state index in [0.29, 0.717) is 23.0 Å². The van der Waals surface area contributed by atoms with Gasteiger partial charge >= 0.3 is 0 Å². The second-order valence-electron chi connectivity index (χ2n) is 7.47. The molecule has 160 valence electrons. The Labute approximate surface area is 176 Å². The van der Waals surface area contributed by atoms with Gasteiger partial charge in [-0.15, -0.1) is 0 Å². The highest BCUT2D eigenvalue weighted by atomic mass is 16.5. The number of benzene rings is 2. The van der Waals surface area contributed by atoms with Gasteiger partial charge in [0, 0.05) is 18.2 Å². The van der Waals surface area contributed by atoms with Crippen LogP contribution in [0, 0.1) is 5.92 Å². The second-order valence-corrected chi connectivity index (χ2v) is 7.47. The van der Waals surface area contributed by atoms with Crippen molar-refractivity contribution in [3.8, 4) is 22.6 Å². The average Bonchev–Trinajstić information content (AvgIpc) is 2.80. The lowest BCUT2D eigenvalue weighted by atomic mass is 9.84. The molecule has 3 aliphatic rings. The van der Waals surface area contributed by atoms with E-state index in [4.69, 9.17) is 19.4 Å². The highest BCUT2D eigenvalue weighted by Crippen LogP contribution is 2.32. The topological polar surface area (TPSA) is 88.1 Å². The maximum absolute atomic E-state index is 12.7. The Bertz CT molecular complexity index is 860. The predicted molar refractivity (Wildman–Crippen MR) is 114 cm³/mol. The van der Waals surface area contributed by atoms with Crippen LogP contribution in [0.5, 0.6) is 11.5 Å². The Morgan fingerprint density at radius 1 is 1.03 bits per heavy atom. The molecule has 1 unspecified atom stereocenters. The molecule has 3 aliphatic heterocycles. The smallest absolute Gasteiger partial charge is 0.290 e. The predicted octanol–water partition coefficient (Wildman–Crippen LogP) is 2.90. The summed E-state index contributed by atoms with van der Waals surface area (Å²) in [6.07, 6.45) is 2.40. The molecule has 0 aliphatic carbocycles. The van der Waals surface area contributed by atoms with Crippen LogP contribution in [0.2, 0.25) is 0 Å². The maximum atomic E-state index is 12.7. The zero-order valence-electron chi connectivity index (χ0n) is 17.3. The largest absolute Gasteiger partial charge is 0.493 e. The zero-order valence-corrected chi connectivity index (χ0v) is 17.3. The highest BCUT2D eigenvalue weighted by Gasteiger charge is 2.34. The third kappa shape index (κ3) is 4.91. The summed E-state index contributed by atoms with van der Waals surface area (Å²) in [5, 5.41) is 10.1. The summed E-state index contributed by atoms with van der Waals surface area (Å²) in [5.41, 5.74) is 2.77. The molecule has 5 rings (SSSR count). The first kappa shape index (κ1) is 21.6. The van der Waals surface area contributed by atoms with Gasteiger partial charge in [-0.25, -0.2) is 0 Å². The minimum absolute atomic E-state index is 0.0209. The third-order valence-corrected chi connectivity index (χ3v) is 5.84. The molecule has 2 aromatic carbocycles. The summed E-state index contributed by atoms with van der Waals surface area (Å²) in [5.74, 6) is 2.05. The Balaban J connectivity index is 0.000000806. The zero-order chi connectivity index (χ0) is 21.5. The number of amides is 1. The van der Waals surface area contributed by atoms with Crippen molar-refractivity contribution in [3.05, 3.63) is 48.0 Å². The molecule has 3 saturated heterocycles. The summed E-state index contributed by atoms with van der Waals surface area (Å²) in [4.78, 5) is 23.5. The van der Waals surface area contributed by atoms with Crippen LogP contribution < -0.4 is 14.8 Å². The normalized spacial score (nSPS) is 21.7. The summed E-state index contributed by atoms with van der Waals surface area (Å²) in [6.45, 7) is 3.09. The van der Waals surface area contributed by atoms with Crippen LogP contribution >= 0.6 is 0 Å². The Hall–Kier alpha value is -3.06. The Kier molecular flexibility index (Phi) is 7.30. The Morgan fingerprint density at radius 2 is 1.63 bits per heavy atom. The van der Waals surface area contributed by atoms with E-state index in [1.165, 1.54) is 25.9 Å². The van der Waals surface area contributed by atoms with E-state index < -0.39 is 0 Å². The number of rotatable bonds is 5. The van der Waals surface area contributed by atoms with E-state index in [1.54, 1.807) is 14.2 Å². The minimum atomic E-state index is -0.250. The van der Waals surface area contributed by atoms with Gasteiger partial charge < -0.3 is 24.8 Å². The van der Waals surface area contributed by atoms with Crippen molar-refractivity contribution in [2.45, 2.75) is 18.9 Å². The SMILES string of the molecule is COc1ccc(-c2ccc(C(=O)NC3CN4CCC3CC4)cc2)cc1OC.O=CO. The van der Waals surface area contributed by atoms with Gasteiger partial charge in [-0.3, -0.25) is 9.59 Å². The quantitative estimate of drug-likeness (QED) is 0.735. The van der Waals surface area contributed by atoms with Gasteiger partial charge in [0.25, 0.3) is 12.4 Å². The van der Waals surface area contributed by atoms with Gasteiger partial charge in [0.1, 0.15) is 0 Å². The van der Waals surface area contributed by atoms with Crippen molar-refractivity contribution >= 4 is 12.4 Å². The van der Waals surface area contributed by atoms with Gasteiger partial charge in [-0.2, -0.15) is 0 Å². The van der Waals surface area contributed by atoms with E-state index in [9.17, 15) is 4.79 Å². The number of carboxylic acid groups (broad SMARTS) is 1. The monoisotopic (exact) mass is 412 g/mol. The third-order valence-electron chi connectivity index (χ3n) is 5.84. The van der Waals surface area contributed by atoms with Crippen molar-refractivity contribution in [1.29, 1.82) is 0 Å². The summed E-state index contributed by atoms with van der Waals surface area (Å²) >= 11 is 0. The van der Waals surface area contributed by atoms with Crippen molar-refractivity contribution in [3.63, 3.8) is 0 Å². The van der Waals surface area contributed by atoms with Crippen LogP contribution in [0.15, 0.2) is 42.5 Å². The molecule has 7 nitrogen and oxygen atoms in total. The lowest BCUT2D eigenvalue weighted by molar-refractivity contribution is -0.122. The fourth-order valence-electron chi connectivity index (χ4n) is 4.21. The molecule has 3 heterocycles. The molecule has 2 N–H and O–H groups in total. The molecule has 0 saturated carbocycles. The van der Waals surface area contributed by atoms with Crippen LogP contribution in [-0.4, -0.2) is 62.3 Å². The maximum Gasteiger partial charge on any atom is 0.290 e. The molecule has 0 spiro atoms. The number of carbonyl (C=O) groups excluding carboxylic acids is 1. The van der Waals surface area contributed by atoms with Crippen molar-refractivity contribution in [2.24, 2.45) is 5.92 Å². The number of hydrogen-bond acceptors (Lipinski definition) is 5. The van der Waals surface area contributed by atoms with Crippen LogP contribution in [0.25, 0.3) is 11.1 Å². The number of methoxy groups -OCH3 is 2. The second kappa shape index (κ2) is 10.1. The minimum Gasteiger partial charge on any atom is -0.493 e. The molecular formula is C23H28N2O5. The fraction of sp³-hybridized carbons (Fsp3) is 0.391. The molecule has 1 amide bonds. The average molecular weight is 412 g/mol. The fourth-order valence-corrected chi connectivity index (χ4v) is 4.21. The molecule has 30 heavy (non-hydrogen) atoms. The number of ether oxygens (including phenoxy) is 2. The number of nitrogens with zero attached hydrogens (tertiary/aromatic N) is 1.